The molecule has 1 aliphatic rings. The van der Waals surface area contributed by atoms with Gasteiger partial charge in [-0.05, 0) is 25.0 Å². The van der Waals surface area contributed by atoms with E-state index in [2.05, 4.69) is 20.1 Å². The Hall–Kier alpha value is -3.79. The van der Waals surface area contributed by atoms with Crippen molar-refractivity contribution in [3.05, 3.63) is 70.6 Å². The number of para-hydroxylation sites is 1. The average molecular weight is 448 g/mol. The standard InChI is InChI=1S/C23H24N6O4/c1-2-17-19(26-14-33-17)22(31)28-10-8-23(32,9-11-28)12-16-18-20(24-13-25-21(18)30)29(27-16)15-6-4-3-5-7-15/h3-7,13-14,32H,2,8-12H2,1H3,(H,24,25,30). The minimum Gasteiger partial charge on any atom is -0.448 e. The molecule has 4 aromatic rings. The van der Waals surface area contributed by atoms with E-state index in [0.717, 1.165) is 5.69 Å². The van der Waals surface area contributed by atoms with Crippen molar-refractivity contribution in [2.75, 3.05) is 13.1 Å². The predicted molar refractivity (Wildman–Crippen MR) is 119 cm³/mol. The first-order valence-electron chi connectivity index (χ1n) is 10.9. The highest BCUT2D eigenvalue weighted by Gasteiger charge is 2.37. The van der Waals surface area contributed by atoms with E-state index in [1.165, 1.54) is 12.7 Å². The van der Waals surface area contributed by atoms with Gasteiger partial charge in [-0.25, -0.2) is 14.6 Å². The number of hydrogen-bond acceptors (Lipinski definition) is 7. The molecule has 0 aliphatic carbocycles. The lowest BCUT2D eigenvalue weighted by atomic mass is 9.86. The highest BCUT2D eigenvalue weighted by Crippen LogP contribution is 2.29. The Morgan fingerprint density at radius 3 is 2.70 bits per heavy atom. The van der Waals surface area contributed by atoms with Crippen LogP contribution in [0.25, 0.3) is 16.7 Å². The summed E-state index contributed by atoms with van der Waals surface area (Å²) < 4.78 is 6.90. The summed E-state index contributed by atoms with van der Waals surface area (Å²) in [5.41, 5.74) is 0.627. The van der Waals surface area contributed by atoms with E-state index < -0.39 is 5.60 Å². The van der Waals surface area contributed by atoms with Crippen molar-refractivity contribution in [1.29, 1.82) is 0 Å². The maximum Gasteiger partial charge on any atom is 0.276 e. The number of carbonyl (C=O) groups is 1. The number of hydrogen-bond donors (Lipinski definition) is 2. The number of piperidine rings is 1. The van der Waals surface area contributed by atoms with Crippen molar-refractivity contribution in [2.24, 2.45) is 0 Å². The fourth-order valence-corrected chi connectivity index (χ4v) is 4.36. The van der Waals surface area contributed by atoms with Gasteiger partial charge in [0.05, 0.1) is 23.3 Å². The molecule has 0 radical (unpaired) electrons. The number of oxazole rings is 1. The molecule has 3 aromatic heterocycles. The second-order valence-corrected chi connectivity index (χ2v) is 8.30. The van der Waals surface area contributed by atoms with Crippen molar-refractivity contribution < 1.29 is 14.3 Å². The Labute approximate surface area is 188 Å². The third kappa shape index (κ3) is 3.82. The molecule has 0 unspecified atom stereocenters. The first-order chi connectivity index (χ1) is 16.0. The summed E-state index contributed by atoms with van der Waals surface area (Å²) in [5, 5.41) is 16.3. The number of nitrogens with zero attached hydrogens (tertiary/aromatic N) is 5. The van der Waals surface area contributed by atoms with E-state index in [1.807, 2.05) is 37.3 Å². The van der Waals surface area contributed by atoms with Gasteiger partial charge in [0.15, 0.2) is 17.7 Å². The molecule has 2 N–H and O–H groups in total. The van der Waals surface area contributed by atoms with Crippen LogP contribution in [0.15, 0.2) is 52.3 Å². The molecule has 1 fully saturated rings. The van der Waals surface area contributed by atoms with Gasteiger partial charge in [-0.15, -0.1) is 0 Å². The summed E-state index contributed by atoms with van der Waals surface area (Å²) in [5.74, 6) is 0.368. The molecule has 5 rings (SSSR count). The molecule has 0 bridgehead atoms. The Balaban J connectivity index is 1.39. The average Bonchev–Trinajstić information content (AvgIpc) is 3.45. The second kappa shape index (κ2) is 8.28. The van der Waals surface area contributed by atoms with Crippen molar-refractivity contribution in [1.82, 2.24) is 29.6 Å². The fourth-order valence-electron chi connectivity index (χ4n) is 4.36. The van der Waals surface area contributed by atoms with Crippen LogP contribution < -0.4 is 5.56 Å². The van der Waals surface area contributed by atoms with E-state index >= 15 is 0 Å². The molecule has 10 heteroatoms. The molecule has 1 aliphatic heterocycles. The third-order valence-corrected chi connectivity index (χ3v) is 6.19. The van der Waals surface area contributed by atoms with Gasteiger partial charge >= 0.3 is 0 Å². The van der Waals surface area contributed by atoms with Crippen LogP contribution in [0, 0.1) is 0 Å². The molecule has 1 aromatic carbocycles. The summed E-state index contributed by atoms with van der Waals surface area (Å²) >= 11 is 0. The first kappa shape index (κ1) is 21.1. The number of carbonyl (C=O) groups excluding carboxylic acids is 1. The van der Waals surface area contributed by atoms with Gasteiger partial charge in [-0.1, -0.05) is 25.1 Å². The van der Waals surface area contributed by atoms with Gasteiger partial charge in [0.25, 0.3) is 11.5 Å². The van der Waals surface area contributed by atoms with Gasteiger partial charge in [-0.3, -0.25) is 9.59 Å². The summed E-state index contributed by atoms with van der Waals surface area (Å²) in [6, 6.07) is 9.43. The van der Waals surface area contributed by atoms with E-state index in [4.69, 9.17) is 4.42 Å². The summed E-state index contributed by atoms with van der Waals surface area (Å²) in [6.07, 6.45) is 4.11. The number of nitrogens with one attached hydrogen (secondary N) is 1. The van der Waals surface area contributed by atoms with E-state index in [1.54, 1.807) is 9.58 Å². The highest BCUT2D eigenvalue weighted by atomic mass is 16.3. The van der Waals surface area contributed by atoms with Crippen LogP contribution in [0.1, 0.15) is 41.7 Å². The van der Waals surface area contributed by atoms with Crippen LogP contribution in [-0.4, -0.2) is 59.3 Å². The number of aromatic amines is 1. The van der Waals surface area contributed by atoms with E-state index in [9.17, 15) is 14.7 Å². The Bertz CT molecular complexity index is 1350. The smallest absolute Gasteiger partial charge is 0.276 e. The number of likely N-dealkylation sites (tertiary alicyclic amines) is 1. The van der Waals surface area contributed by atoms with E-state index in [0.29, 0.717) is 60.5 Å². The zero-order valence-corrected chi connectivity index (χ0v) is 18.2. The Morgan fingerprint density at radius 2 is 1.97 bits per heavy atom. The number of aryl methyl sites for hydroxylation is 1. The number of benzene rings is 1. The summed E-state index contributed by atoms with van der Waals surface area (Å²) in [6.45, 7) is 2.65. The maximum absolute atomic E-state index is 12.8. The lowest BCUT2D eigenvalue weighted by molar-refractivity contribution is -0.0168. The number of aliphatic hydroxyl groups is 1. The SMILES string of the molecule is CCc1ocnc1C(=O)N1CCC(O)(Cc2nn(-c3ccccc3)c3nc[nH]c(=O)c23)CC1. The van der Waals surface area contributed by atoms with Gasteiger partial charge in [-0.2, -0.15) is 5.10 Å². The lowest BCUT2D eigenvalue weighted by Gasteiger charge is -2.37. The predicted octanol–water partition coefficient (Wildman–Crippen LogP) is 1.87. The van der Waals surface area contributed by atoms with Gasteiger partial charge < -0.3 is 19.4 Å². The minimum absolute atomic E-state index is 0.185. The molecule has 1 amide bonds. The van der Waals surface area contributed by atoms with Crippen molar-refractivity contribution in [2.45, 2.75) is 38.2 Å². The summed E-state index contributed by atoms with van der Waals surface area (Å²) in [7, 11) is 0. The van der Waals surface area contributed by atoms with E-state index in [-0.39, 0.29) is 17.9 Å². The minimum atomic E-state index is -1.10. The number of H-pyrrole nitrogens is 1. The number of rotatable bonds is 5. The van der Waals surface area contributed by atoms with Crippen LogP contribution in [0.2, 0.25) is 0 Å². The molecule has 170 valence electrons. The number of amides is 1. The first-order valence-corrected chi connectivity index (χ1v) is 10.9. The molecule has 4 heterocycles. The van der Waals surface area contributed by atoms with Crippen LogP contribution in [0.5, 0.6) is 0 Å². The summed E-state index contributed by atoms with van der Waals surface area (Å²) in [4.78, 5) is 38.1. The Kier molecular flexibility index (Phi) is 5.29. The van der Waals surface area contributed by atoms with Crippen molar-refractivity contribution in [3.8, 4) is 5.69 Å². The van der Waals surface area contributed by atoms with Crippen LogP contribution in [0.3, 0.4) is 0 Å². The van der Waals surface area contributed by atoms with Crippen LogP contribution >= 0.6 is 0 Å². The van der Waals surface area contributed by atoms with Crippen molar-refractivity contribution in [3.63, 3.8) is 0 Å². The molecular formula is C23H24N6O4. The topological polar surface area (TPSA) is 130 Å². The normalized spacial score (nSPS) is 15.8. The second-order valence-electron chi connectivity index (χ2n) is 8.30. The molecular weight excluding hydrogens is 424 g/mol. The third-order valence-electron chi connectivity index (χ3n) is 6.19. The zero-order chi connectivity index (χ0) is 23.0. The molecule has 10 nitrogen and oxygen atoms in total. The monoisotopic (exact) mass is 448 g/mol. The largest absolute Gasteiger partial charge is 0.448 e. The molecule has 33 heavy (non-hydrogen) atoms. The number of aromatic nitrogens is 5. The van der Waals surface area contributed by atoms with Crippen LogP contribution in [-0.2, 0) is 12.8 Å². The van der Waals surface area contributed by atoms with Gasteiger partial charge in [0, 0.05) is 25.9 Å². The lowest BCUT2D eigenvalue weighted by Crippen LogP contribution is -2.48. The Morgan fingerprint density at radius 1 is 1.21 bits per heavy atom. The highest BCUT2D eigenvalue weighted by molar-refractivity contribution is 5.93. The quantitative estimate of drug-likeness (QED) is 0.477. The van der Waals surface area contributed by atoms with Gasteiger partial charge in [0.2, 0.25) is 0 Å². The molecule has 1 saturated heterocycles. The number of fused-ring (bicyclic) bond motifs is 1. The molecule has 0 spiro atoms. The maximum atomic E-state index is 12.8. The molecule has 0 atom stereocenters. The fraction of sp³-hybridized carbons (Fsp3) is 0.348. The van der Waals surface area contributed by atoms with Gasteiger partial charge in [0.1, 0.15) is 11.1 Å². The molecule has 0 saturated carbocycles. The van der Waals surface area contributed by atoms with Crippen LogP contribution in [0.4, 0.5) is 0 Å². The van der Waals surface area contributed by atoms with Crippen molar-refractivity contribution >= 4 is 16.9 Å². The zero-order valence-electron chi connectivity index (χ0n) is 18.2.